The Hall–Kier alpha value is -2.19. The fraction of sp³-hybridized carbons (Fsp3) is 0.217. The maximum absolute atomic E-state index is 14.0. The molecule has 0 spiro atoms. The van der Waals surface area contributed by atoms with Gasteiger partial charge in [0.05, 0.1) is 19.2 Å². The highest BCUT2D eigenvalue weighted by Gasteiger charge is 2.35. The Kier molecular flexibility index (Phi) is 5.54. The minimum atomic E-state index is -2.50. The van der Waals surface area contributed by atoms with E-state index in [0.717, 1.165) is 25.1 Å². The molecule has 1 aliphatic heterocycles. The van der Waals surface area contributed by atoms with E-state index >= 15 is 0 Å². The molecule has 4 heteroatoms. The largest absolute Gasteiger partial charge is 0.316 e. The summed E-state index contributed by atoms with van der Waals surface area (Å²) in [4.78, 5) is 4.66. The molecule has 1 aliphatic rings. The lowest BCUT2D eigenvalue weighted by atomic mass is 10.2. The van der Waals surface area contributed by atoms with Gasteiger partial charge in [-0.05, 0) is 11.1 Å². The van der Waals surface area contributed by atoms with Crippen LogP contribution in [0.3, 0.4) is 0 Å². The van der Waals surface area contributed by atoms with Crippen LogP contribution in [0.25, 0.3) is 0 Å². The van der Waals surface area contributed by atoms with Crippen molar-refractivity contribution < 1.29 is 4.57 Å². The van der Waals surface area contributed by atoms with Gasteiger partial charge in [-0.2, -0.15) is 0 Å². The van der Waals surface area contributed by atoms with Crippen LogP contribution in [0.4, 0.5) is 0 Å². The molecule has 0 bridgehead atoms. The summed E-state index contributed by atoms with van der Waals surface area (Å²) in [6.07, 6.45) is 1.27. The second-order valence-electron chi connectivity index (χ2n) is 7.28. The molecule has 0 radical (unpaired) electrons. The third kappa shape index (κ3) is 4.56. The lowest BCUT2D eigenvalue weighted by Gasteiger charge is -2.40. The maximum Gasteiger partial charge on any atom is 0.142 e. The Morgan fingerprint density at radius 2 is 1.04 bits per heavy atom. The summed E-state index contributed by atoms with van der Waals surface area (Å²) in [5.74, 6) is 0. The molecule has 3 nitrogen and oxygen atoms in total. The van der Waals surface area contributed by atoms with Gasteiger partial charge in [-0.25, -0.2) is 0 Å². The van der Waals surface area contributed by atoms with Crippen LogP contribution in [-0.2, 0) is 17.7 Å². The van der Waals surface area contributed by atoms with Crippen LogP contribution >= 0.6 is 7.14 Å². The van der Waals surface area contributed by atoms with Crippen LogP contribution in [0.2, 0.25) is 0 Å². The topological polar surface area (TPSA) is 23.6 Å². The first kappa shape index (κ1) is 18.2. The van der Waals surface area contributed by atoms with Gasteiger partial charge in [0.1, 0.15) is 7.14 Å². The first-order chi connectivity index (χ1) is 13.2. The molecule has 27 heavy (non-hydrogen) atoms. The van der Waals surface area contributed by atoms with Crippen molar-refractivity contribution >= 4 is 12.4 Å². The van der Waals surface area contributed by atoms with E-state index in [1.54, 1.807) is 0 Å². The van der Waals surface area contributed by atoms with Crippen LogP contribution in [0, 0.1) is 0 Å². The summed E-state index contributed by atoms with van der Waals surface area (Å²) in [5.41, 5.74) is 2.53. The third-order valence-corrected chi connectivity index (χ3v) is 7.93. The van der Waals surface area contributed by atoms with Crippen molar-refractivity contribution in [2.45, 2.75) is 13.1 Å². The Morgan fingerprint density at radius 1 is 0.630 bits per heavy atom. The average molecular weight is 376 g/mol. The predicted molar refractivity (Wildman–Crippen MR) is 112 cm³/mol. The van der Waals surface area contributed by atoms with E-state index in [-0.39, 0.29) is 0 Å². The first-order valence-corrected chi connectivity index (χ1v) is 11.5. The van der Waals surface area contributed by atoms with Crippen molar-refractivity contribution in [3.05, 3.63) is 102 Å². The molecule has 0 saturated carbocycles. The van der Waals surface area contributed by atoms with E-state index in [1.807, 2.05) is 42.5 Å². The first-order valence-electron chi connectivity index (χ1n) is 9.38. The molecule has 0 N–H and O–H groups in total. The third-order valence-electron chi connectivity index (χ3n) is 4.98. The standard InChI is InChI=1S/C23H25N2OP/c26-27(23-14-8-3-9-15-23)19-24(16-21-10-4-1-5-11-21)18-25(20-27)17-22-12-6-2-7-13-22/h1-15H,16-20H2. The van der Waals surface area contributed by atoms with E-state index in [9.17, 15) is 4.57 Å². The van der Waals surface area contributed by atoms with E-state index in [4.69, 9.17) is 0 Å². The zero-order chi connectivity index (χ0) is 18.5. The molecule has 4 rings (SSSR count). The van der Waals surface area contributed by atoms with E-state index in [1.165, 1.54) is 11.1 Å². The van der Waals surface area contributed by atoms with Gasteiger partial charge in [0.25, 0.3) is 0 Å². The zero-order valence-electron chi connectivity index (χ0n) is 15.4. The molecule has 0 aromatic heterocycles. The number of nitrogens with zero attached hydrogens (tertiary/aromatic N) is 2. The lowest BCUT2D eigenvalue weighted by molar-refractivity contribution is 0.136. The molecule has 0 unspecified atom stereocenters. The van der Waals surface area contributed by atoms with Gasteiger partial charge < -0.3 is 4.57 Å². The summed E-state index contributed by atoms with van der Waals surface area (Å²) >= 11 is 0. The van der Waals surface area contributed by atoms with Crippen LogP contribution < -0.4 is 5.30 Å². The van der Waals surface area contributed by atoms with Gasteiger partial charge in [-0.3, -0.25) is 9.80 Å². The molecule has 0 amide bonds. The quantitative estimate of drug-likeness (QED) is 0.610. The van der Waals surface area contributed by atoms with Gasteiger partial charge in [-0.15, -0.1) is 0 Å². The molecule has 1 heterocycles. The van der Waals surface area contributed by atoms with Gasteiger partial charge in [-0.1, -0.05) is 91.0 Å². The predicted octanol–water partition coefficient (Wildman–Crippen LogP) is 4.57. The summed E-state index contributed by atoms with van der Waals surface area (Å²) in [6.45, 7) is 2.48. The summed E-state index contributed by atoms with van der Waals surface area (Å²) in [7, 11) is -2.50. The van der Waals surface area contributed by atoms with Gasteiger partial charge in [0.2, 0.25) is 0 Å². The molecular formula is C23H25N2OP. The van der Waals surface area contributed by atoms with Crippen molar-refractivity contribution in [1.82, 2.24) is 9.80 Å². The van der Waals surface area contributed by atoms with Crippen molar-refractivity contribution in [3.8, 4) is 0 Å². The Labute approximate surface area is 161 Å². The minimum absolute atomic E-state index is 0.636. The van der Waals surface area contributed by atoms with Crippen LogP contribution in [-0.4, -0.2) is 29.0 Å². The number of hydrogen-bond acceptors (Lipinski definition) is 3. The SMILES string of the molecule is O=P1(c2ccccc2)CN(Cc2ccccc2)CN(Cc2ccccc2)C1. The second-order valence-corrected chi connectivity index (χ2v) is 10.1. The Morgan fingerprint density at radius 3 is 1.48 bits per heavy atom. The lowest BCUT2D eigenvalue weighted by Crippen LogP contribution is -2.45. The zero-order valence-corrected chi connectivity index (χ0v) is 16.3. The highest BCUT2D eigenvalue weighted by atomic mass is 31.2. The number of hydrogen-bond donors (Lipinski definition) is 0. The van der Waals surface area contributed by atoms with E-state index in [0.29, 0.717) is 12.6 Å². The Balaban J connectivity index is 1.59. The van der Waals surface area contributed by atoms with Crippen molar-refractivity contribution in [2.75, 3.05) is 19.2 Å². The highest BCUT2D eigenvalue weighted by molar-refractivity contribution is 7.71. The molecule has 1 fully saturated rings. The molecule has 0 atom stereocenters. The molecule has 0 aliphatic carbocycles. The molecular weight excluding hydrogens is 351 g/mol. The molecule has 1 saturated heterocycles. The summed E-state index contributed by atoms with van der Waals surface area (Å²) in [5, 5.41) is 0.987. The van der Waals surface area contributed by atoms with Gasteiger partial charge in [0.15, 0.2) is 0 Å². The van der Waals surface area contributed by atoms with Crippen molar-refractivity contribution in [1.29, 1.82) is 0 Å². The molecule has 3 aromatic carbocycles. The van der Waals surface area contributed by atoms with E-state index in [2.05, 4.69) is 58.3 Å². The van der Waals surface area contributed by atoms with Crippen molar-refractivity contribution in [2.24, 2.45) is 0 Å². The fourth-order valence-corrected chi connectivity index (χ4v) is 6.61. The van der Waals surface area contributed by atoms with Gasteiger partial charge in [0, 0.05) is 18.4 Å². The Bertz CT molecular complexity index is 846. The number of rotatable bonds is 5. The minimum Gasteiger partial charge on any atom is -0.316 e. The summed E-state index contributed by atoms with van der Waals surface area (Å²) in [6, 6.07) is 30.9. The van der Waals surface area contributed by atoms with Crippen LogP contribution in [0.15, 0.2) is 91.0 Å². The molecule has 138 valence electrons. The number of benzene rings is 3. The average Bonchev–Trinajstić information content (AvgIpc) is 2.70. The van der Waals surface area contributed by atoms with Crippen molar-refractivity contribution in [3.63, 3.8) is 0 Å². The highest BCUT2D eigenvalue weighted by Crippen LogP contribution is 2.48. The van der Waals surface area contributed by atoms with Crippen LogP contribution in [0.5, 0.6) is 0 Å². The summed E-state index contributed by atoms with van der Waals surface area (Å²) < 4.78 is 14.0. The maximum atomic E-state index is 14.0. The normalized spacial score (nSPS) is 17.6. The molecule has 3 aromatic rings. The fourth-order valence-electron chi connectivity index (χ4n) is 3.81. The van der Waals surface area contributed by atoms with Gasteiger partial charge >= 0.3 is 0 Å². The monoisotopic (exact) mass is 376 g/mol. The second kappa shape index (κ2) is 8.22. The smallest absolute Gasteiger partial charge is 0.142 e. The van der Waals surface area contributed by atoms with Crippen LogP contribution in [0.1, 0.15) is 11.1 Å². The van der Waals surface area contributed by atoms with E-state index < -0.39 is 7.14 Å².